The Balaban J connectivity index is 2.72. The predicted molar refractivity (Wildman–Crippen MR) is 114 cm³/mol. The van der Waals surface area contributed by atoms with Crippen LogP contribution in [0.3, 0.4) is 0 Å². The number of aliphatic carboxylic acids is 2. The van der Waals surface area contributed by atoms with E-state index in [4.69, 9.17) is 24.4 Å². The molecule has 0 aliphatic heterocycles. The van der Waals surface area contributed by atoms with Crippen LogP contribution in [0.4, 0.5) is 0 Å². The average molecular weight is 440 g/mol. The Labute approximate surface area is 182 Å². The first-order chi connectivity index (χ1) is 14.6. The third-order valence-electron chi connectivity index (χ3n) is 3.98. The molecule has 0 saturated carbocycles. The molecule has 0 bridgehead atoms. The van der Waals surface area contributed by atoms with Gasteiger partial charge in [-0.2, -0.15) is 0 Å². The second-order valence-electron chi connectivity index (χ2n) is 7.56. The fraction of sp³-hybridized carbons (Fsp3) is 0.545. The topological polar surface area (TPSA) is 135 Å². The molecule has 9 heteroatoms. The average Bonchev–Trinajstić information content (AvgIpc) is 2.66. The summed E-state index contributed by atoms with van der Waals surface area (Å²) in [7, 11) is 0. The first kappa shape index (κ1) is 26.6. The molecule has 1 rings (SSSR count). The van der Waals surface area contributed by atoms with Gasteiger partial charge < -0.3 is 29.5 Å². The highest BCUT2D eigenvalue weighted by atomic mass is 16.5. The zero-order valence-corrected chi connectivity index (χ0v) is 18.4. The molecule has 0 fully saturated rings. The molecule has 31 heavy (non-hydrogen) atoms. The van der Waals surface area contributed by atoms with Crippen molar-refractivity contribution in [3.05, 3.63) is 41.5 Å². The molecule has 0 amide bonds. The summed E-state index contributed by atoms with van der Waals surface area (Å²) in [5.74, 6) is -2.34. The molecule has 0 saturated heterocycles. The molecule has 0 radical (unpaired) electrons. The maximum absolute atomic E-state index is 11.2. The van der Waals surface area contributed by atoms with Crippen molar-refractivity contribution in [3.63, 3.8) is 0 Å². The van der Waals surface area contributed by atoms with Crippen LogP contribution in [0.5, 0.6) is 5.75 Å². The zero-order valence-electron chi connectivity index (χ0n) is 18.4. The number of carboxylic acids is 2. The fourth-order valence-corrected chi connectivity index (χ4v) is 2.59. The van der Waals surface area contributed by atoms with Crippen molar-refractivity contribution in [2.24, 2.45) is 0 Å². The Morgan fingerprint density at radius 2 is 1.71 bits per heavy atom. The maximum Gasteiger partial charge on any atom is 0.331 e. The number of hydrogen-bond acceptors (Lipinski definition) is 7. The molecule has 2 atom stereocenters. The van der Waals surface area contributed by atoms with Gasteiger partial charge in [-0.3, -0.25) is 5.32 Å². The fourth-order valence-electron chi connectivity index (χ4n) is 2.59. The number of nitrogens with one attached hydrogen (secondary N) is 1. The van der Waals surface area contributed by atoms with Gasteiger partial charge in [-0.15, -0.1) is 0 Å². The molecule has 0 spiro atoms. The van der Waals surface area contributed by atoms with Crippen LogP contribution in [0.25, 0.3) is 0 Å². The SMILES string of the molecule is CC(C)NC(Oc1ccc(COCCOC(C)C)cc1)C(O)C/C(=C\C(=O)O)C(=O)O. The Kier molecular flexibility index (Phi) is 11.8. The van der Waals surface area contributed by atoms with Crippen molar-refractivity contribution in [2.45, 2.75) is 65.2 Å². The van der Waals surface area contributed by atoms with Crippen molar-refractivity contribution in [2.75, 3.05) is 13.2 Å². The van der Waals surface area contributed by atoms with Gasteiger partial charge in [0.15, 0.2) is 6.23 Å². The van der Waals surface area contributed by atoms with Crippen molar-refractivity contribution >= 4 is 11.9 Å². The molecular weight excluding hydrogens is 406 g/mol. The van der Waals surface area contributed by atoms with Crippen LogP contribution in [-0.4, -0.2) is 64.9 Å². The highest BCUT2D eigenvalue weighted by Gasteiger charge is 2.25. The number of ether oxygens (including phenoxy) is 3. The zero-order chi connectivity index (χ0) is 23.4. The number of hydrogen-bond donors (Lipinski definition) is 4. The molecule has 0 heterocycles. The van der Waals surface area contributed by atoms with Crippen molar-refractivity contribution in [1.82, 2.24) is 5.32 Å². The molecule has 2 unspecified atom stereocenters. The minimum Gasteiger partial charge on any atom is -0.478 e. The first-order valence-corrected chi connectivity index (χ1v) is 10.1. The number of benzene rings is 1. The molecule has 0 aliphatic carbocycles. The van der Waals surface area contributed by atoms with Crippen LogP contribution < -0.4 is 10.1 Å². The molecule has 9 nitrogen and oxygen atoms in total. The summed E-state index contributed by atoms with van der Waals surface area (Å²) in [4.78, 5) is 22.1. The molecule has 0 aromatic heterocycles. The van der Waals surface area contributed by atoms with E-state index in [1.54, 1.807) is 12.1 Å². The van der Waals surface area contributed by atoms with Crippen LogP contribution in [0.1, 0.15) is 39.7 Å². The van der Waals surface area contributed by atoms with Gasteiger partial charge in [0.2, 0.25) is 0 Å². The van der Waals surface area contributed by atoms with Gasteiger partial charge in [0.1, 0.15) is 11.9 Å². The second kappa shape index (κ2) is 13.8. The molecule has 4 N–H and O–H groups in total. The normalized spacial score (nSPS) is 14.0. The van der Waals surface area contributed by atoms with E-state index < -0.39 is 36.3 Å². The van der Waals surface area contributed by atoms with Gasteiger partial charge in [-0.05, 0) is 45.4 Å². The molecule has 174 valence electrons. The van der Waals surface area contributed by atoms with Crippen molar-refractivity contribution in [1.29, 1.82) is 0 Å². The van der Waals surface area contributed by atoms with E-state index in [0.29, 0.717) is 31.6 Å². The largest absolute Gasteiger partial charge is 0.478 e. The monoisotopic (exact) mass is 439 g/mol. The van der Waals surface area contributed by atoms with Gasteiger partial charge in [0.05, 0.1) is 25.9 Å². The lowest BCUT2D eigenvalue weighted by Gasteiger charge is -2.27. The van der Waals surface area contributed by atoms with E-state index in [0.717, 1.165) is 5.56 Å². The summed E-state index contributed by atoms with van der Waals surface area (Å²) in [6.07, 6.45) is -1.89. The minimum absolute atomic E-state index is 0.0721. The number of rotatable bonds is 15. The minimum atomic E-state index is -1.41. The quantitative estimate of drug-likeness (QED) is 0.184. The number of carboxylic acid groups (broad SMARTS) is 2. The Bertz CT molecular complexity index is 715. The van der Waals surface area contributed by atoms with E-state index in [9.17, 15) is 14.7 Å². The summed E-state index contributed by atoms with van der Waals surface area (Å²) in [5.41, 5.74) is 0.511. The summed E-state index contributed by atoms with van der Waals surface area (Å²) in [6, 6.07) is 7.01. The van der Waals surface area contributed by atoms with Crippen LogP contribution in [0, 0.1) is 0 Å². The van der Waals surface area contributed by atoms with Crippen molar-refractivity contribution < 1.29 is 39.1 Å². The summed E-state index contributed by atoms with van der Waals surface area (Å²) in [6.45, 7) is 9.03. The lowest BCUT2D eigenvalue weighted by atomic mass is 10.1. The third kappa shape index (κ3) is 11.5. The molecule has 1 aromatic carbocycles. The van der Waals surface area contributed by atoms with Gasteiger partial charge in [0.25, 0.3) is 0 Å². The van der Waals surface area contributed by atoms with E-state index in [1.807, 2.05) is 39.8 Å². The van der Waals surface area contributed by atoms with E-state index in [-0.39, 0.29) is 12.1 Å². The maximum atomic E-state index is 11.2. The number of carbonyl (C=O) groups is 2. The standard InChI is InChI=1S/C22H33NO8/c1-14(2)23-21(19(24)11-17(22(27)28)12-20(25)26)31-18-7-5-16(6-8-18)13-29-9-10-30-15(3)4/h5-8,12,14-15,19,21,23-24H,9-11,13H2,1-4H3,(H,25,26)(H,27,28)/b17-12+. The van der Waals surface area contributed by atoms with Crippen LogP contribution >= 0.6 is 0 Å². The van der Waals surface area contributed by atoms with E-state index in [1.165, 1.54) is 0 Å². The summed E-state index contributed by atoms with van der Waals surface area (Å²) >= 11 is 0. The second-order valence-corrected chi connectivity index (χ2v) is 7.56. The van der Waals surface area contributed by atoms with Crippen LogP contribution in [-0.2, 0) is 25.7 Å². The summed E-state index contributed by atoms with van der Waals surface area (Å²) < 4.78 is 16.8. The number of aliphatic hydroxyl groups is 1. The Morgan fingerprint density at radius 3 is 2.23 bits per heavy atom. The lowest BCUT2D eigenvalue weighted by molar-refractivity contribution is -0.135. The van der Waals surface area contributed by atoms with E-state index in [2.05, 4.69) is 5.32 Å². The van der Waals surface area contributed by atoms with Crippen molar-refractivity contribution in [3.8, 4) is 5.75 Å². The Morgan fingerprint density at radius 1 is 1.06 bits per heavy atom. The summed E-state index contributed by atoms with van der Waals surface area (Å²) in [5, 5.41) is 31.5. The number of aliphatic hydroxyl groups excluding tert-OH is 1. The molecule has 1 aromatic rings. The lowest BCUT2D eigenvalue weighted by Crippen LogP contribution is -2.47. The van der Waals surface area contributed by atoms with E-state index >= 15 is 0 Å². The Hall–Kier alpha value is -2.46. The highest BCUT2D eigenvalue weighted by Crippen LogP contribution is 2.18. The molecular formula is C22H33NO8. The van der Waals surface area contributed by atoms with Gasteiger partial charge in [-0.25, -0.2) is 9.59 Å². The van der Waals surface area contributed by atoms with Gasteiger partial charge in [0, 0.05) is 24.1 Å². The predicted octanol–water partition coefficient (Wildman–Crippen LogP) is 2.18. The van der Waals surface area contributed by atoms with Gasteiger partial charge >= 0.3 is 11.9 Å². The van der Waals surface area contributed by atoms with Gasteiger partial charge in [-0.1, -0.05) is 12.1 Å². The van der Waals surface area contributed by atoms with Crippen LogP contribution in [0.15, 0.2) is 35.9 Å². The van der Waals surface area contributed by atoms with Crippen LogP contribution in [0.2, 0.25) is 0 Å². The first-order valence-electron chi connectivity index (χ1n) is 10.1. The smallest absolute Gasteiger partial charge is 0.331 e. The highest BCUT2D eigenvalue weighted by molar-refractivity contribution is 5.94. The third-order valence-corrected chi connectivity index (χ3v) is 3.98. The molecule has 0 aliphatic rings.